The Bertz CT molecular complexity index is 1680. The lowest BCUT2D eigenvalue weighted by molar-refractivity contribution is -0.137. The molecule has 0 amide bonds. The smallest absolute Gasteiger partial charge is 0.303 e. The molecule has 1 atom stereocenters. The van der Waals surface area contributed by atoms with Crippen LogP contribution in [0.4, 0.5) is 21.5 Å². The third-order valence-electron chi connectivity index (χ3n) is 6.48. The number of aromatic amines is 1. The van der Waals surface area contributed by atoms with Crippen molar-refractivity contribution in [3.8, 4) is 11.1 Å². The van der Waals surface area contributed by atoms with Crippen molar-refractivity contribution in [2.45, 2.75) is 18.9 Å². The largest absolute Gasteiger partial charge is 0.481 e. The summed E-state index contributed by atoms with van der Waals surface area (Å²) < 4.78 is 38.0. The zero-order valence-electron chi connectivity index (χ0n) is 19.7. The van der Waals surface area contributed by atoms with Gasteiger partial charge in [-0.05, 0) is 54.5 Å². The lowest BCUT2D eigenvalue weighted by atomic mass is 9.97. The maximum Gasteiger partial charge on any atom is 0.303 e. The van der Waals surface area contributed by atoms with Crippen LogP contribution in [-0.2, 0) is 14.6 Å². The predicted molar refractivity (Wildman–Crippen MR) is 137 cm³/mol. The molecule has 186 valence electrons. The molecule has 0 radical (unpaired) electrons. The Morgan fingerprint density at radius 3 is 2.53 bits per heavy atom. The minimum Gasteiger partial charge on any atom is -0.481 e. The summed E-state index contributed by atoms with van der Waals surface area (Å²) in [4.78, 5) is 31.3. The van der Waals surface area contributed by atoms with E-state index in [1.165, 1.54) is 12.1 Å². The maximum atomic E-state index is 13.7. The maximum absolute atomic E-state index is 13.7. The molecule has 3 heterocycles. The van der Waals surface area contributed by atoms with Gasteiger partial charge in [-0.1, -0.05) is 6.07 Å². The molecular weight excluding hydrogens is 485 g/mol. The number of nitrogens with one attached hydrogen (secondary N) is 1. The van der Waals surface area contributed by atoms with Crippen molar-refractivity contribution >= 4 is 44.5 Å². The van der Waals surface area contributed by atoms with E-state index in [1.807, 2.05) is 17.0 Å². The summed E-state index contributed by atoms with van der Waals surface area (Å²) in [5, 5.41) is 10.5. The molecule has 1 aromatic rings. The number of sulfone groups is 1. The van der Waals surface area contributed by atoms with Gasteiger partial charge in [0.2, 0.25) is 0 Å². The van der Waals surface area contributed by atoms with Crippen LogP contribution >= 0.6 is 0 Å². The molecule has 0 fully saturated rings. The van der Waals surface area contributed by atoms with Crippen LogP contribution in [0.3, 0.4) is 0 Å². The van der Waals surface area contributed by atoms with Gasteiger partial charge in [-0.2, -0.15) is 0 Å². The number of halogens is 1. The molecule has 2 N–H and O–H groups in total. The van der Waals surface area contributed by atoms with Crippen LogP contribution in [0.2, 0.25) is 0 Å². The first-order chi connectivity index (χ1) is 17.0. The number of nitrogens with zero attached hydrogens (tertiary/aromatic N) is 2. The van der Waals surface area contributed by atoms with Gasteiger partial charge in [0.05, 0.1) is 28.7 Å². The number of benzene rings is 1. The molecule has 0 aromatic heterocycles. The Balaban J connectivity index is 1.84. The number of aliphatic carboxylic acids is 1. The Morgan fingerprint density at radius 1 is 1.14 bits per heavy atom. The van der Waals surface area contributed by atoms with Gasteiger partial charge < -0.3 is 19.9 Å². The molecule has 8 nitrogen and oxygen atoms in total. The van der Waals surface area contributed by atoms with Crippen LogP contribution in [0, 0.1) is 5.82 Å². The van der Waals surface area contributed by atoms with Crippen LogP contribution in [0.25, 0.3) is 22.8 Å². The number of hydrogen-bond acceptors (Lipinski definition) is 6. The number of carboxylic acids is 1. The number of carboxylic acid groups (broad SMARTS) is 1. The topological polar surface area (TPSA) is 111 Å². The van der Waals surface area contributed by atoms with Crippen LogP contribution < -0.4 is 25.9 Å². The van der Waals surface area contributed by atoms with E-state index < -0.39 is 27.7 Å². The third-order valence-corrected chi connectivity index (χ3v) is 7.31. The predicted octanol–water partition coefficient (Wildman–Crippen LogP) is 1.94. The van der Waals surface area contributed by atoms with E-state index >= 15 is 0 Å². The summed E-state index contributed by atoms with van der Waals surface area (Å²) in [6.07, 6.45) is 6.61. The van der Waals surface area contributed by atoms with E-state index in [1.54, 1.807) is 42.4 Å². The average molecular weight is 510 g/mol. The monoisotopic (exact) mass is 509 g/mol. The highest BCUT2D eigenvalue weighted by Crippen LogP contribution is 2.40. The van der Waals surface area contributed by atoms with Crippen LogP contribution in [0.5, 0.6) is 0 Å². The summed E-state index contributed by atoms with van der Waals surface area (Å²) in [6, 6.07) is 9.07. The van der Waals surface area contributed by atoms with Gasteiger partial charge in [0, 0.05) is 47.7 Å². The summed E-state index contributed by atoms with van der Waals surface area (Å²) in [5.41, 5.74) is 3.14. The second-order valence-corrected chi connectivity index (χ2v) is 11.3. The molecule has 0 bridgehead atoms. The molecule has 1 unspecified atom stereocenters. The second-order valence-electron chi connectivity index (χ2n) is 9.13. The molecule has 0 spiro atoms. The normalized spacial score (nSPS) is 16.8. The summed E-state index contributed by atoms with van der Waals surface area (Å²) in [5.74, 6) is -1.54. The van der Waals surface area contributed by atoms with Gasteiger partial charge in [-0.15, -0.1) is 0 Å². The van der Waals surface area contributed by atoms with Crippen molar-refractivity contribution in [1.82, 2.24) is 4.98 Å². The molecule has 36 heavy (non-hydrogen) atoms. The Labute approximate surface area is 206 Å². The van der Waals surface area contributed by atoms with Crippen molar-refractivity contribution in [1.29, 1.82) is 0 Å². The number of fused-ring (bicyclic) bond motifs is 2. The highest BCUT2D eigenvalue weighted by atomic mass is 32.2. The first-order valence-corrected chi connectivity index (χ1v) is 13.4. The number of rotatable bonds is 6. The highest BCUT2D eigenvalue weighted by molar-refractivity contribution is 7.91. The summed E-state index contributed by atoms with van der Waals surface area (Å²) in [6.45, 7) is 0. The molecule has 1 aromatic carbocycles. The lowest BCUT2D eigenvalue weighted by Gasteiger charge is -2.35. The molecule has 0 saturated heterocycles. The van der Waals surface area contributed by atoms with E-state index in [0.717, 1.165) is 6.26 Å². The molecule has 3 aliphatic heterocycles. The molecule has 4 aliphatic rings. The van der Waals surface area contributed by atoms with Crippen molar-refractivity contribution in [2.24, 2.45) is 0 Å². The zero-order valence-corrected chi connectivity index (χ0v) is 20.5. The molecule has 10 heteroatoms. The second kappa shape index (κ2) is 8.63. The van der Waals surface area contributed by atoms with Gasteiger partial charge in [-0.3, -0.25) is 9.59 Å². The van der Waals surface area contributed by atoms with Crippen LogP contribution in [0.15, 0.2) is 53.5 Å². The quantitative estimate of drug-likeness (QED) is 0.523. The number of H-pyrrole nitrogens is 1. The number of carbonyl (C=O) groups is 1. The van der Waals surface area contributed by atoms with Gasteiger partial charge in [-0.25, -0.2) is 12.8 Å². The lowest BCUT2D eigenvalue weighted by Crippen LogP contribution is -2.35. The fourth-order valence-corrected chi connectivity index (χ4v) is 5.85. The van der Waals surface area contributed by atoms with Crippen LogP contribution in [0.1, 0.15) is 12.8 Å². The Hall–Kier alpha value is -3.92. The van der Waals surface area contributed by atoms with Crippen molar-refractivity contribution in [3.63, 3.8) is 0 Å². The van der Waals surface area contributed by atoms with Gasteiger partial charge in [0.15, 0.2) is 9.84 Å². The number of aromatic nitrogens is 1. The Kier molecular flexibility index (Phi) is 5.71. The fraction of sp³-hybridized carbons (Fsp3) is 0.231. The minimum atomic E-state index is -3.35. The average Bonchev–Trinajstić information content (AvgIpc) is 3.00. The molecule has 5 rings (SSSR count). The fourth-order valence-electron chi connectivity index (χ4n) is 5.03. The van der Waals surface area contributed by atoms with Gasteiger partial charge >= 0.3 is 5.97 Å². The number of hydrogen-bond donors (Lipinski definition) is 2. The van der Waals surface area contributed by atoms with Gasteiger partial charge in [0.1, 0.15) is 5.82 Å². The SMILES string of the molecule is CN1C=CC(CS(C)(=O)=O)=c2ccc3c4c([nH]c(=O)c-4c21)=CC(CCC(=O)O)N3c1ccc(F)cc1. The Morgan fingerprint density at radius 2 is 1.86 bits per heavy atom. The highest BCUT2D eigenvalue weighted by Gasteiger charge is 2.32. The zero-order chi connectivity index (χ0) is 25.8. The standard InChI is InChI=1S/C26H24FN3O5S/c1-29-12-11-15(14-36(2,34)35)19-8-9-21-23-20(28-26(33)24(23)25(19)29)13-18(7-10-22(31)32)30(21)17-5-3-16(27)4-6-17/h3-6,8-9,11-13,18H,7,10,14H2,1-2H3,(H,28,33)(H,31,32). The summed E-state index contributed by atoms with van der Waals surface area (Å²) in [7, 11) is -1.56. The van der Waals surface area contributed by atoms with E-state index in [2.05, 4.69) is 4.98 Å². The van der Waals surface area contributed by atoms with E-state index in [4.69, 9.17) is 0 Å². The third kappa shape index (κ3) is 4.17. The molecular formula is C26H24FN3O5S. The van der Waals surface area contributed by atoms with E-state index in [9.17, 15) is 27.5 Å². The van der Waals surface area contributed by atoms with E-state index in [0.29, 0.717) is 44.3 Å². The van der Waals surface area contributed by atoms with Crippen molar-refractivity contribution in [2.75, 3.05) is 28.9 Å². The first-order valence-electron chi connectivity index (χ1n) is 11.3. The number of allylic oxidation sites excluding steroid dienone is 1. The number of anilines is 3. The first kappa shape index (κ1) is 23.8. The van der Waals surface area contributed by atoms with Crippen molar-refractivity contribution < 1.29 is 22.7 Å². The summed E-state index contributed by atoms with van der Waals surface area (Å²) >= 11 is 0. The van der Waals surface area contributed by atoms with Crippen molar-refractivity contribution in [3.05, 3.63) is 75.4 Å². The molecule has 0 saturated carbocycles. The minimum absolute atomic E-state index is 0.101. The van der Waals surface area contributed by atoms with Gasteiger partial charge in [0.25, 0.3) is 5.56 Å². The van der Waals surface area contributed by atoms with Crippen LogP contribution in [-0.4, -0.2) is 49.6 Å². The van der Waals surface area contributed by atoms with E-state index in [-0.39, 0.29) is 24.2 Å². The molecule has 1 aliphatic carbocycles.